The Balaban J connectivity index is 0.00000218. The number of nitrogens with two attached hydrogens (primary N) is 1. The van der Waals surface area contributed by atoms with Crippen LogP contribution in [-0.2, 0) is 9.59 Å². The van der Waals surface area contributed by atoms with Gasteiger partial charge in [0.2, 0.25) is 11.8 Å². The first kappa shape index (κ1) is 21.0. The molecule has 2 amide bonds. The van der Waals surface area contributed by atoms with Gasteiger partial charge in [-0.05, 0) is 30.4 Å². The molecule has 2 fully saturated rings. The van der Waals surface area contributed by atoms with Gasteiger partial charge in [0.05, 0.1) is 31.6 Å². The van der Waals surface area contributed by atoms with Crippen molar-refractivity contribution >= 4 is 47.4 Å². The number of amides is 2. The number of hydrogen-bond acceptors (Lipinski definition) is 5. The molecular weight excluding hydrogens is 499 g/mol. The number of likely N-dealkylation sites (tertiary alicyclic amines) is 1. The number of guanidine groups is 1. The first-order valence-corrected chi connectivity index (χ1v) is 10.1. The molecule has 8 nitrogen and oxygen atoms in total. The first-order chi connectivity index (χ1) is 14.1. The van der Waals surface area contributed by atoms with Gasteiger partial charge in [-0.1, -0.05) is 12.2 Å². The van der Waals surface area contributed by atoms with E-state index in [2.05, 4.69) is 22.5 Å². The summed E-state index contributed by atoms with van der Waals surface area (Å²) in [6.45, 7) is 1.77. The van der Waals surface area contributed by atoms with Gasteiger partial charge >= 0.3 is 0 Å². The first-order valence-electron chi connectivity index (χ1n) is 10.1. The van der Waals surface area contributed by atoms with E-state index in [1.54, 1.807) is 0 Å². The van der Waals surface area contributed by atoms with Gasteiger partial charge in [0.25, 0.3) is 0 Å². The van der Waals surface area contributed by atoms with Gasteiger partial charge in [0.15, 0.2) is 17.5 Å². The topological polar surface area (TPSA) is 106 Å². The number of benzene rings is 1. The Morgan fingerprint density at radius 3 is 2.47 bits per heavy atom. The standard InChI is InChI=1S/C21H24N4O4.HI/c22-21(24-14-4-5-15-16(11-14)29-9-1-8-28-15)23-6-7-25-19(26)17-12-2-3-13(10-12)18(17)20(25)27;/h2-5,11-13,17-18H,1,6-10H2,(H3,22,23,24);1H. The number of allylic oxidation sites excluding steroid dienone is 2. The number of imide groups is 1. The van der Waals surface area contributed by atoms with Crippen LogP contribution >= 0.6 is 24.0 Å². The smallest absolute Gasteiger partial charge is 0.233 e. The Hall–Kier alpha value is -2.30. The van der Waals surface area contributed by atoms with Crippen molar-refractivity contribution in [3.05, 3.63) is 30.4 Å². The fourth-order valence-corrected chi connectivity index (χ4v) is 4.88. The third-order valence-corrected chi connectivity index (χ3v) is 6.19. The number of carbonyl (C=O) groups excluding carboxylic acids is 2. The number of aliphatic imine (C=N–C) groups is 1. The average Bonchev–Trinajstić information content (AvgIpc) is 3.32. The number of rotatable bonds is 4. The van der Waals surface area contributed by atoms with Gasteiger partial charge < -0.3 is 20.5 Å². The van der Waals surface area contributed by atoms with Crippen LogP contribution in [0.1, 0.15) is 12.8 Å². The van der Waals surface area contributed by atoms with Crippen LogP contribution in [0, 0.1) is 23.7 Å². The number of hydrogen-bond donors (Lipinski definition) is 2. The Labute approximate surface area is 191 Å². The maximum Gasteiger partial charge on any atom is 0.233 e. The van der Waals surface area contributed by atoms with Crippen molar-refractivity contribution in [1.29, 1.82) is 0 Å². The minimum Gasteiger partial charge on any atom is -0.490 e. The van der Waals surface area contributed by atoms with Crippen molar-refractivity contribution in [1.82, 2.24) is 4.90 Å². The third kappa shape index (κ3) is 3.63. The number of ether oxygens (including phenoxy) is 2. The third-order valence-electron chi connectivity index (χ3n) is 6.19. The number of anilines is 1. The van der Waals surface area contributed by atoms with Crippen LogP contribution in [0.25, 0.3) is 0 Å². The van der Waals surface area contributed by atoms with Crippen LogP contribution in [0.3, 0.4) is 0 Å². The van der Waals surface area contributed by atoms with E-state index in [-0.39, 0.29) is 78.5 Å². The van der Waals surface area contributed by atoms with E-state index in [1.807, 2.05) is 18.2 Å². The number of halogens is 1. The molecule has 4 atom stereocenters. The number of carbonyl (C=O) groups is 2. The molecule has 2 aliphatic heterocycles. The zero-order valence-corrected chi connectivity index (χ0v) is 18.8. The Morgan fingerprint density at radius 2 is 1.77 bits per heavy atom. The predicted octanol–water partition coefficient (Wildman–Crippen LogP) is 2.00. The summed E-state index contributed by atoms with van der Waals surface area (Å²) in [7, 11) is 0. The molecule has 0 spiro atoms. The normalized spacial score (nSPS) is 28.9. The second-order valence-electron chi connectivity index (χ2n) is 7.93. The highest BCUT2D eigenvalue weighted by molar-refractivity contribution is 14.0. The zero-order valence-electron chi connectivity index (χ0n) is 16.5. The zero-order chi connectivity index (χ0) is 20.0. The summed E-state index contributed by atoms with van der Waals surface area (Å²) in [5.41, 5.74) is 6.72. The lowest BCUT2D eigenvalue weighted by molar-refractivity contribution is -0.140. The van der Waals surface area contributed by atoms with E-state index in [1.165, 1.54) is 4.90 Å². The molecule has 4 unspecified atom stereocenters. The molecule has 1 aromatic rings. The lowest BCUT2D eigenvalue weighted by Gasteiger charge is -2.16. The van der Waals surface area contributed by atoms with Gasteiger partial charge in [-0.3, -0.25) is 19.5 Å². The second-order valence-corrected chi connectivity index (χ2v) is 7.93. The molecule has 2 bridgehead atoms. The van der Waals surface area contributed by atoms with Crippen molar-refractivity contribution in [2.24, 2.45) is 34.4 Å². The molecule has 4 aliphatic rings. The van der Waals surface area contributed by atoms with Crippen molar-refractivity contribution in [2.75, 3.05) is 31.6 Å². The van der Waals surface area contributed by atoms with Crippen LogP contribution in [0.15, 0.2) is 35.3 Å². The summed E-state index contributed by atoms with van der Waals surface area (Å²) in [6, 6.07) is 5.49. The van der Waals surface area contributed by atoms with Gasteiger partial charge in [-0.25, -0.2) is 0 Å². The molecule has 5 rings (SSSR count). The van der Waals surface area contributed by atoms with E-state index in [9.17, 15) is 9.59 Å². The molecule has 0 aromatic heterocycles. The van der Waals surface area contributed by atoms with Crippen LogP contribution in [0.5, 0.6) is 11.5 Å². The summed E-state index contributed by atoms with van der Waals surface area (Å²) in [4.78, 5) is 31.0. The minimum absolute atomic E-state index is 0. The second kappa shape index (κ2) is 8.44. The Morgan fingerprint density at radius 1 is 1.10 bits per heavy atom. The fraction of sp³-hybridized carbons (Fsp3) is 0.476. The van der Waals surface area contributed by atoms with Crippen LogP contribution in [0.4, 0.5) is 5.69 Å². The van der Waals surface area contributed by atoms with Crippen molar-refractivity contribution in [3.63, 3.8) is 0 Å². The van der Waals surface area contributed by atoms with E-state index in [4.69, 9.17) is 15.2 Å². The molecule has 9 heteroatoms. The van der Waals surface area contributed by atoms with E-state index in [0.29, 0.717) is 24.7 Å². The molecule has 3 N–H and O–H groups in total. The van der Waals surface area contributed by atoms with Crippen LogP contribution in [-0.4, -0.2) is 49.0 Å². The molecule has 1 saturated carbocycles. The van der Waals surface area contributed by atoms with Crippen molar-refractivity contribution in [3.8, 4) is 11.5 Å². The van der Waals surface area contributed by atoms with E-state index in [0.717, 1.165) is 18.5 Å². The lowest BCUT2D eigenvalue weighted by Crippen LogP contribution is -2.35. The highest BCUT2D eigenvalue weighted by Gasteiger charge is 2.58. The largest absolute Gasteiger partial charge is 0.490 e. The van der Waals surface area contributed by atoms with Crippen molar-refractivity contribution < 1.29 is 19.1 Å². The maximum atomic E-state index is 12.7. The fourth-order valence-electron chi connectivity index (χ4n) is 4.88. The van der Waals surface area contributed by atoms with Crippen LogP contribution < -0.4 is 20.5 Å². The van der Waals surface area contributed by atoms with E-state index >= 15 is 0 Å². The lowest BCUT2D eigenvalue weighted by atomic mass is 9.85. The summed E-state index contributed by atoms with van der Waals surface area (Å²) in [5.74, 6) is 1.61. The summed E-state index contributed by atoms with van der Waals surface area (Å²) in [6.07, 6.45) is 5.96. The molecule has 2 heterocycles. The monoisotopic (exact) mass is 524 g/mol. The Bertz CT molecular complexity index is 888. The predicted molar refractivity (Wildman–Crippen MR) is 122 cm³/mol. The van der Waals surface area contributed by atoms with Crippen LogP contribution in [0.2, 0.25) is 0 Å². The SMILES string of the molecule is I.NC(=NCCN1C(=O)C2C3C=CC(C3)C2C1=O)Nc1ccc2c(c1)OCCCO2. The molecule has 1 aromatic carbocycles. The summed E-state index contributed by atoms with van der Waals surface area (Å²) >= 11 is 0. The number of fused-ring (bicyclic) bond motifs is 6. The van der Waals surface area contributed by atoms with Gasteiger partial charge in [-0.15, -0.1) is 24.0 Å². The van der Waals surface area contributed by atoms with Crippen molar-refractivity contribution in [2.45, 2.75) is 12.8 Å². The average molecular weight is 524 g/mol. The Kier molecular flexibility index (Phi) is 5.90. The molecule has 2 aliphatic carbocycles. The number of nitrogens with one attached hydrogen (secondary N) is 1. The molecule has 160 valence electrons. The molecule has 30 heavy (non-hydrogen) atoms. The maximum absolute atomic E-state index is 12.7. The molecule has 1 saturated heterocycles. The van der Waals surface area contributed by atoms with Gasteiger partial charge in [-0.2, -0.15) is 0 Å². The minimum atomic E-state index is -0.168. The highest BCUT2D eigenvalue weighted by Crippen LogP contribution is 2.52. The molecule has 0 radical (unpaired) electrons. The van der Waals surface area contributed by atoms with E-state index < -0.39 is 0 Å². The highest BCUT2D eigenvalue weighted by atomic mass is 127. The summed E-state index contributed by atoms with van der Waals surface area (Å²) in [5, 5.41) is 3.02. The quantitative estimate of drug-likeness (QED) is 0.205. The molecular formula is C21H25IN4O4. The summed E-state index contributed by atoms with van der Waals surface area (Å²) < 4.78 is 11.3. The van der Waals surface area contributed by atoms with Gasteiger partial charge in [0.1, 0.15) is 0 Å². The van der Waals surface area contributed by atoms with Gasteiger partial charge in [0, 0.05) is 24.7 Å². The number of nitrogens with zero attached hydrogens (tertiary/aromatic N) is 2.